The number of carbonyl (C=O) groups excluding carboxylic acids is 1. The molecule has 1 aromatic heterocycles. The third-order valence-corrected chi connectivity index (χ3v) is 4.90. The van der Waals surface area contributed by atoms with Gasteiger partial charge in [0.1, 0.15) is 5.56 Å². The maximum atomic E-state index is 12.8. The minimum atomic E-state index is -1.99. The van der Waals surface area contributed by atoms with Crippen molar-refractivity contribution in [3.05, 3.63) is 50.8 Å². The summed E-state index contributed by atoms with van der Waals surface area (Å²) in [5, 5.41) is 12.8. The van der Waals surface area contributed by atoms with Gasteiger partial charge in [0.15, 0.2) is 22.6 Å². The summed E-state index contributed by atoms with van der Waals surface area (Å²) in [5.41, 5.74) is 0.402. The highest BCUT2D eigenvalue weighted by Gasteiger charge is 2.37. The van der Waals surface area contributed by atoms with E-state index in [0.717, 1.165) is 12.8 Å². The number of nitrogens with zero attached hydrogens (tertiary/aromatic N) is 1. The molecule has 0 aliphatic heterocycles. The average molecular weight is 414 g/mol. The fraction of sp³-hybridized carbons (Fsp3) is 0.267. The van der Waals surface area contributed by atoms with Gasteiger partial charge in [-0.1, -0.05) is 27.2 Å². The first-order chi connectivity index (χ1) is 11.4. The number of benzene rings is 1. The average Bonchev–Trinajstić information content (AvgIpc) is 3.24. The van der Waals surface area contributed by atoms with Crippen molar-refractivity contribution < 1.29 is 28.0 Å². The molecule has 1 aliphatic carbocycles. The number of aromatic nitrogens is 1. The lowest BCUT2D eigenvalue weighted by Gasteiger charge is -2.06. The summed E-state index contributed by atoms with van der Waals surface area (Å²) >= 11 is 1.27. The zero-order valence-electron chi connectivity index (χ0n) is 12.2. The molecule has 1 saturated carbocycles. The molecule has 0 radical (unpaired) electrons. The van der Waals surface area contributed by atoms with Crippen LogP contribution in [0.4, 0.5) is 0 Å². The Hall–Kier alpha value is -1.84. The molecule has 1 unspecified atom stereocenters. The van der Waals surface area contributed by atoms with Crippen LogP contribution >= 0.6 is 15.9 Å². The summed E-state index contributed by atoms with van der Waals surface area (Å²) in [6, 6.07) is 4.60. The van der Waals surface area contributed by atoms with Gasteiger partial charge >= 0.3 is 5.97 Å². The Morgan fingerprint density at radius 2 is 2.08 bits per heavy atom. The van der Waals surface area contributed by atoms with Crippen LogP contribution in [0.15, 0.2) is 27.2 Å². The van der Waals surface area contributed by atoms with E-state index in [9.17, 15) is 18.9 Å². The van der Waals surface area contributed by atoms with Gasteiger partial charge in [0, 0.05) is 16.0 Å². The van der Waals surface area contributed by atoms with E-state index >= 15 is 0 Å². The number of carboxylic acids is 1. The van der Waals surface area contributed by atoms with E-state index in [4.69, 9.17) is 9.08 Å². The zero-order chi connectivity index (χ0) is 17.4. The molecule has 1 fully saturated rings. The molecule has 1 heterocycles. The normalized spacial score (nSPS) is 15.2. The highest BCUT2D eigenvalue weighted by Crippen LogP contribution is 2.43. The number of aromatic carboxylic acids is 1. The number of hydrogen-bond acceptors (Lipinski definition) is 5. The van der Waals surface area contributed by atoms with Crippen LogP contribution in [0.25, 0.3) is 0 Å². The van der Waals surface area contributed by atoms with Crippen molar-refractivity contribution in [2.24, 2.45) is 0 Å². The van der Waals surface area contributed by atoms with Crippen molar-refractivity contribution in [3.8, 4) is 0 Å². The molecule has 24 heavy (non-hydrogen) atoms. The molecule has 9 heteroatoms. The Morgan fingerprint density at radius 1 is 1.38 bits per heavy atom. The van der Waals surface area contributed by atoms with Crippen LogP contribution in [0.5, 0.6) is 0 Å². The molecule has 0 amide bonds. The SMILES string of the molecule is O=C(O)c1noc(C2CC2)c1C(=O)c1ccc(CS(=O)O)cc1Br. The van der Waals surface area contributed by atoms with Gasteiger partial charge in [-0.25, -0.2) is 9.00 Å². The molecule has 2 N–H and O–H groups in total. The van der Waals surface area contributed by atoms with Gasteiger partial charge in [0.2, 0.25) is 5.69 Å². The monoisotopic (exact) mass is 413 g/mol. The lowest BCUT2D eigenvalue weighted by molar-refractivity contribution is 0.0682. The minimum absolute atomic E-state index is 0.0239. The van der Waals surface area contributed by atoms with Crippen molar-refractivity contribution in [1.29, 1.82) is 0 Å². The Kier molecular flexibility index (Phi) is 4.66. The Bertz CT molecular complexity index is 858. The smallest absolute Gasteiger partial charge is 0.358 e. The molecule has 0 saturated heterocycles. The molecular formula is C15H12BrNO6S. The first-order valence-corrected chi connectivity index (χ1v) is 9.08. The van der Waals surface area contributed by atoms with E-state index in [0.29, 0.717) is 15.8 Å². The highest BCUT2D eigenvalue weighted by atomic mass is 79.9. The predicted octanol–water partition coefficient (Wildman–Crippen LogP) is 2.97. The van der Waals surface area contributed by atoms with Gasteiger partial charge in [0.05, 0.1) is 5.75 Å². The second kappa shape index (κ2) is 6.58. The van der Waals surface area contributed by atoms with Crippen molar-refractivity contribution in [3.63, 3.8) is 0 Å². The van der Waals surface area contributed by atoms with Gasteiger partial charge < -0.3 is 14.2 Å². The van der Waals surface area contributed by atoms with E-state index < -0.39 is 28.5 Å². The summed E-state index contributed by atoms with van der Waals surface area (Å²) in [6.07, 6.45) is 1.66. The van der Waals surface area contributed by atoms with Crippen LogP contribution in [0.1, 0.15) is 56.5 Å². The second-order valence-corrected chi connectivity index (χ2v) is 7.24. The molecule has 126 valence electrons. The van der Waals surface area contributed by atoms with E-state index in [1.165, 1.54) is 6.07 Å². The fourth-order valence-corrected chi connectivity index (χ4v) is 3.47. The first-order valence-electron chi connectivity index (χ1n) is 7.02. The van der Waals surface area contributed by atoms with Gasteiger partial charge in [0.25, 0.3) is 0 Å². The molecule has 7 nitrogen and oxygen atoms in total. The van der Waals surface area contributed by atoms with E-state index in [1.807, 2.05) is 0 Å². The third kappa shape index (κ3) is 3.33. The van der Waals surface area contributed by atoms with Gasteiger partial charge in [-0.15, -0.1) is 0 Å². The van der Waals surface area contributed by atoms with E-state index in [-0.39, 0.29) is 22.8 Å². The molecule has 3 rings (SSSR count). The van der Waals surface area contributed by atoms with Gasteiger partial charge in [-0.3, -0.25) is 4.79 Å². The number of carboxylic acid groups (broad SMARTS) is 1. The van der Waals surface area contributed by atoms with Crippen LogP contribution < -0.4 is 0 Å². The maximum absolute atomic E-state index is 12.8. The van der Waals surface area contributed by atoms with E-state index in [1.54, 1.807) is 12.1 Å². The van der Waals surface area contributed by atoms with Crippen molar-refractivity contribution in [1.82, 2.24) is 5.16 Å². The number of hydrogen-bond donors (Lipinski definition) is 2. The lowest BCUT2D eigenvalue weighted by Crippen LogP contribution is -2.11. The standard InChI is InChI=1S/C15H12BrNO6S/c16-10-5-7(6-24(21)22)1-4-9(10)13(18)11-12(15(19)20)17-23-14(11)8-2-3-8/h1,4-5,8H,2-3,6H2,(H,19,20)(H,21,22). The zero-order valence-corrected chi connectivity index (χ0v) is 14.6. The topological polar surface area (TPSA) is 118 Å². The summed E-state index contributed by atoms with van der Waals surface area (Å²) in [6.45, 7) is 0. The van der Waals surface area contributed by atoms with Crippen molar-refractivity contribution in [2.45, 2.75) is 24.5 Å². The number of carbonyl (C=O) groups is 2. The molecule has 0 bridgehead atoms. The molecule has 1 aliphatic rings. The lowest BCUT2D eigenvalue weighted by atomic mass is 9.99. The van der Waals surface area contributed by atoms with Crippen LogP contribution in [0.3, 0.4) is 0 Å². The third-order valence-electron chi connectivity index (χ3n) is 3.66. The quantitative estimate of drug-likeness (QED) is 0.551. The maximum Gasteiger partial charge on any atom is 0.358 e. The number of rotatable bonds is 6. The second-order valence-electron chi connectivity index (χ2n) is 5.46. The minimum Gasteiger partial charge on any atom is -0.476 e. The van der Waals surface area contributed by atoms with Crippen LogP contribution in [0, 0.1) is 0 Å². The fourth-order valence-electron chi connectivity index (χ4n) is 2.40. The summed E-state index contributed by atoms with van der Waals surface area (Å²) < 4.78 is 25.3. The van der Waals surface area contributed by atoms with E-state index in [2.05, 4.69) is 21.1 Å². The number of halogens is 1. The Balaban J connectivity index is 2.02. The van der Waals surface area contributed by atoms with Crippen molar-refractivity contribution >= 4 is 38.8 Å². The molecular weight excluding hydrogens is 402 g/mol. The summed E-state index contributed by atoms with van der Waals surface area (Å²) in [7, 11) is 0. The largest absolute Gasteiger partial charge is 0.476 e. The molecule has 1 atom stereocenters. The van der Waals surface area contributed by atoms with Gasteiger partial charge in [-0.05, 0) is 30.5 Å². The Labute approximate surface area is 147 Å². The van der Waals surface area contributed by atoms with Gasteiger partial charge in [-0.2, -0.15) is 0 Å². The highest BCUT2D eigenvalue weighted by molar-refractivity contribution is 9.10. The van der Waals surface area contributed by atoms with Crippen molar-refractivity contribution in [2.75, 3.05) is 0 Å². The predicted molar refractivity (Wildman–Crippen MR) is 87.5 cm³/mol. The van der Waals surface area contributed by atoms with Crippen LogP contribution in [-0.4, -0.2) is 30.8 Å². The summed E-state index contributed by atoms with van der Waals surface area (Å²) in [4.78, 5) is 24.2. The summed E-state index contributed by atoms with van der Waals surface area (Å²) in [5.74, 6) is -1.55. The molecule has 2 aromatic rings. The van der Waals surface area contributed by atoms with Crippen LogP contribution in [0.2, 0.25) is 0 Å². The molecule has 0 spiro atoms. The van der Waals surface area contributed by atoms with Crippen LogP contribution in [-0.2, 0) is 16.8 Å². The molecule has 1 aromatic carbocycles. The Morgan fingerprint density at radius 3 is 2.62 bits per heavy atom. The first kappa shape index (κ1) is 17.0. The number of ketones is 1.